The predicted octanol–water partition coefficient (Wildman–Crippen LogP) is 4.91. The molecule has 0 radical (unpaired) electrons. The summed E-state index contributed by atoms with van der Waals surface area (Å²) in [7, 11) is 0. The Balaban J connectivity index is 0.00000145. The van der Waals surface area contributed by atoms with Gasteiger partial charge in [0.05, 0.1) is 5.69 Å². The van der Waals surface area contributed by atoms with E-state index in [0.717, 1.165) is 42.8 Å². The summed E-state index contributed by atoms with van der Waals surface area (Å²) >= 11 is 4.64. The number of allylic oxidation sites excluding steroid dienone is 2. The molecule has 1 aliphatic rings. The van der Waals surface area contributed by atoms with Crippen molar-refractivity contribution in [1.29, 1.82) is 0 Å². The highest BCUT2D eigenvalue weighted by Gasteiger charge is 2.14. The fourth-order valence-electron chi connectivity index (χ4n) is 3.08. The second kappa shape index (κ2) is 11.4. The topological polar surface area (TPSA) is 66.9 Å². The number of benzene rings is 1. The lowest BCUT2D eigenvalue weighted by Gasteiger charge is -2.15. The molecule has 0 saturated heterocycles. The summed E-state index contributed by atoms with van der Waals surface area (Å²) in [5.41, 5.74) is 3.64. The van der Waals surface area contributed by atoms with Crippen molar-refractivity contribution in [2.45, 2.75) is 26.7 Å². The molecular weight excluding hydrogens is 391 g/mol. The molecule has 7 heteroatoms. The summed E-state index contributed by atoms with van der Waals surface area (Å²) < 4.78 is 14.5. The second-order valence-corrected chi connectivity index (χ2v) is 6.30. The van der Waals surface area contributed by atoms with Gasteiger partial charge in [-0.25, -0.2) is 4.39 Å². The summed E-state index contributed by atoms with van der Waals surface area (Å²) in [6.45, 7) is 5.56. The van der Waals surface area contributed by atoms with Gasteiger partial charge in [-0.15, -0.1) is 21.8 Å². The number of nitrogens with zero attached hydrogens (tertiary/aromatic N) is 2. The SMILES string of the molecule is C/C=C(\CC)c1ccc(NC(=O)c2ccc(C3=CCNCC3)c(F)c2)nn1.CCl. The van der Waals surface area contributed by atoms with Crippen LogP contribution in [0, 0.1) is 5.82 Å². The maximum Gasteiger partial charge on any atom is 0.256 e. The van der Waals surface area contributed by atoms with Gasteiger partial charge in [-0.3, -0.25) is 4.79 Å². The minimum atomic E-state index is -0.413. The van der Waals surface area contributed by atoms with Gasteiger partial charge in [-0.2, -0.15) is 0 Å². The second-order valence-electron chi connectivity index (χ2n) is 6.30. The van der Waals surface area contributed by atoms with E-state index in [1.165, 1.54) is 12.4 Å². The Labute approximate surface area is 176 Å². The lowest BCUT2D eigenvalue weighted by Crippen LogP contribution is -2.20. The Morgan fingerprint density at radius 2 is 2.07 bits per heavy atom. The van der Waals surface area contributed by atoms with Crippen molar-refractivity contribution in [3.63, 3.8) is 0 Å². The van der Waals surface area contributed by atoms with Crippen LogP contribution in [0.25, 0.3) is 11.1 Å². The van der Waals surface area contributed by atoms with Crippen LogP contribution in [-0.4, -0.2) is 35.6 Å². The molecule has 0 bridgehead atoms. The number of halogens is 2. The summed E-state index contributed by atoms with van der Waals surface area (Å²) in [4.78, 5) is 12.4. The van der Waals surface area contributed by atoms with Gasteiger partial charge in [0.1, 0.15) is 5.82 Å². The van der Waals surface area contributed by atoms with E-state index in [4.69, 9.17) is 0 Å². The van der Waals surface area contributed by atoms with Gasteiger partial charge in [0.2, 0.25) is 0 Å². The molecule has 3 rings (SSSR count). The molecule has 2 aromatic rings. The summed E-state index contributed by atoms with van der Waals surface area (Å²) in [5, 5.41) is 14.0. The lowest BCUT2D eigenvalue weighted by molar-refractivity contribution is 0.102. The van der Waals surface area contributed by atoms with Gasteiger partial charge >= 0.3 is 0 Å². The molecule has 0 aliphatic carbocycles. The summed E-state index contributed by atoms with van der Waals surface area (Å²) in [6, 6.07) is 8.08. The van der Waals surface area contributed by atoms with E-state index >= 15 is 0 Å². The van der Waals surface area contributed by atoms with E-state index in [2.05, 4.69) is 32.4 Å². The number of carbonyl (C=O) groups is 1. The van der Waals surface area contributed by atoms with Crippen LogP contribution in [0.5, 0.6) is 0 Å². The standard InChI is InChI=1S/C21H23FN4O.CH3Cl/c1-3-14(4-2)19-7-8-20(26-25-19)24-21(27)16-5-6-17(18(22)13-16)15-9-11-23-12-10-15;1-2/h3,5-9,13,23H,4,10-12H2,1-2H3,(H,24,26,27);1H3/b14-3+;. The third kappa shape index (κ3) is 5.95. The highest BCUT2D eigenvalue weighted by molar-refractivity contribution is 6.15. The fourth-order valence-corrected chi connectivity index (χ4v) is 3.08. The monoisotopic (exact) mass is 416 g/mol. The van der Waals surface area contributed by atoms with Crippen molar-refractivity contribution in [2.75, 3.05) is 24.8 Å². The molecule has 1 aliphatic heterocycles. The molecule has 29 heavy (non-hydrogen) atoms. The normalized spacial score (nSPS) is 13.8. The molecule has 0 atom stereocenters. The van der Waals surface area contributed by atoms with Gasteiger partial charge in [0, 0.05) is 24.1 Å². The van der Waals surface area contributed by atoms with Crippen LogP contribution in [0.2, 0.25) is 0 Å². The van der Waals surface area contributed by atoms with Crippen LogP contribution < -0.4 is 10.6 Å². The molecule has 0 spiro atoms. The third-order valence-corrected chi connectivity index (χ3v) is 4.61. The summed E-state index contributed by atoms with van der Waals surface area (Å²) in [5.74, 6) is -0.470. The fraction of sp³-hybridized carbons (Fsp3) is 0.318. The van der Waals surface area contributed by atoms with E-state index in [9.17, 15) is 9.18 Å². The van der Waals surface area contributed by atoms with Gasteiger partial charge in [-0.1, -0.05) is 25.1 Å². The Kier molecular flexibility index (Phi) is 8.96. The van der Waals surface area contributed by atoms with Gasteiger partial charge in [0.15, 0.2) is 5.82 Å². The van der Waals surface area contributed by atoms with E-state index in [0.29, 0.717) is 11.4 Å². The van der Waals surface area contributed by atoms with Crippen molar-refractivity contribution < 1.29 is 9.18 Å². The number of carbonyl (C=O) groups excluding carboxylic acids is 1. The number of amides is 1. The molecule has 2 heterocycles. The first-order chi connectivity index (χ1) is 14.1. The maximum absolute atomic E-state index is 14.5. The number of anilines is 1. The van der Waals surface area contributed by atoms with Crippen molar-refractivity contribution in [1.82, 2.24) is 15.5 Å². The quantitative estimate of drug-likeness (QED) is 0.679. The average molecular weight is 417 g/mol. The zero-order valence-corrected chi connectivity index (χ0v) is 17.7. The largest absolute Gasteiger partial charge is 0.313 e. The maximum atomic E-state index is 14.5. The van der Waals surface area contributed by atoms with Crippen molar-refractivity contribution in [3.05, 3.63) is 65.1 Å². The van der Waals surface area contributed by atoms with E-state index < -0.39 is 11.7 Å². The molecule has 154 valence electrons. The first kappa shape index (κ1) is 22.7. The van der Waals surface area contributed by atoms with Crippen LogP contribution in [0.4, 0.5) is 10.2 Å². The zero-order chi connectivity index (χ0) is 21.2. The molecule has 0 unspecified atom stereocenters. The number of alkyl halides is 1. The zero-order valence-electron chi connectivity index (χ0n) is 16.9. The van der Waals surface area contributed by atoms with Gasteiger partial charge in [-0.05, 0) is 61.7 Å². The van der Waals surface area contributed by atoms with E-state index in [-0.39, 0.29) is 5.56 Å². The van der Waals surface area contributed by atoms with Crippen LogP contribution in [-0.2, 0) is 0 Å². The molecule has 1 aromatic heterocycles. The van der Waals surface area contributed by atoms with Crippen LogP contribution in [0.15, 0.2) is 42.5 Å². The number of rotatable bonds is 5. The average Bonchev–Trinajstić information content (AvgIpc) is 2.77. The first-order valence-corrected chi connectivity index (χ1v) is 10.3. The van der Waals surface area contributed by atoms with Crippen molar-refractivity contribution in [2.24, 2.45) is 0 Å². The Morgan fingerprint density at radius 3 is 2.62 bits per heavy atom. The molecule has 1 amide bonds. The molecule has 5 nitrogen and oxygen atoms in total. The molecule has 2 N–H and O–H groups in total. The number of nitrogens with one attached hydrogen (secondary N) is 2. The smallest absolute Gasteiger partial charge is 0.256 e. The highest BCUT2D eigenvalue weighted by atomic mass is 35.5. The predicted molar refractivity (Wildman–Crippen MR) is 118 cm³/mol. The molecular formula is C22H26ClFN4O. The molecule has 0 saturated carbocycles. The number of hydrogen-bond acceptors (Lipinski definition) is 4. The Morgan fingerprint density at radius 1 is 1.28 bits per heavy atom. The van der Waals surface area contributed by atoms with Crippen LogP contribution in [0.3, 0.4) is 0 Å². The van der Waals surface area contributed by atoms with E-state index in [1.807, 2.05) is 32.1 Å². The van der Waals surface area contributed by atoms with Gasteiger partial charge < -0.3 is 10.6 Å². The number of aromatic nitrogens is 2. The highest BCUT2D eigenvalue weighted by Crippen LogP contribution is 2.24. The molecule has 1 aromatic carbocycles. The minimum Gasteiger partial charge on any atom is -0.313 e. The Bertz CT molecular complexity index is 894. The van der Waals surface area contributed by atoms with Crippen molar-refractivity contribution >= 4 is 34.5 Å². The lowest BCUT2D eigenvalue weighted by atomic mass is 9.98. The number of hydrogen-bond donors (Lipinski definition) is 2. The third-order valence-electron chi connectivity index (χ3n) is 4.61. The molecule has 0 fully saturated rings. The first-order valence-electron chi connectivity index (χ1n) is 9.50. The van der Waals surface area contributed by atoms with Crippen molar-refractivity contribution in [3.8, 4) is 0 Å². The Hall–Kier alpha value is -2.57. The van der Waals surface area contributed by atoms with Crippen LogP contribution in [0.1, 0.15) is 48.3 Å². The van der Waals surface area contributed by atoms with Crippen LogP contribution >= 0.6 is 11.6 Å². The minimum absolute atomic E-state index is 0.249. The van der Waals surface area contributed by atoms with Gasteiger partial charge in [0.25, 0.3) is 5.91 Å². The summed E-state index contributed by atoms with van der Waals surface area (Å²) in [6.07, 6.45) is 7.07. The van der Waals surface area contributed by atoms with E-state index in [1.54, 1.807) is 18.2 Å².